The Morgan fingerprint density at radius 1 is 0.792 bits per heavy atom. The Morgan fingerprint density at radius 3 is 1.75 bits per heavy atom. The van der Waals surface area contributed by atoms with Gasteiger partial charge in [0.05, 0.1) is 13.0 Å². The van der Waals surface area contributed by atoms with Crippen LogP contribution in [0, 0.1) is 0 Å². The maximum absolute atomic E-state index is 11.8. The summed E-state index contributed by atoms with van der Waals surface area (Å²) in [5.74, 6) is -1.08. The summed E-state index contributed by atoms with van der Waals surface area (Å²) in [5, 5.41) is 0. The van der Waals surface area contributed by atoms with Gasteiger partial charge in [-0.2, -0.15) is 0 Å². The minimum atomic E-state index is -0.787. The van der Waals surface area contributed by atoms with Crippen molar-refractivity contribution in [1.29, 1.82) is 0 Å². The molecule has 7 heteroatoms. The first-order chi connectivity index (χ1) is 11.5. The van der Waals surface area contributed by atoms with E-state index in [2.05, 4.69) is 0 Å². The Bertz CT molecular complexity index is 421. The molecule has 0 spiro atoms. The van der Waals surface area contributed by atoms with Gasteiger partial charge in [0, 0.05) is 19.3 Å². The van der Waals surface area contributed by atoms with E-state index in [4.69, 9.17) is 18.9 Å². The number of hydrogen-bond donors (Lipinski definition) is 0. The molecular weight excluding hydrogens is 316 g/mol. The van der Waals surface area contributed by atoms with Crippen molar-refractivity contribution < 1.29 is 33.3 Å². The number of carbonyl (C=O) groups excluding carboxylic acids is 3. The third-order valence-electron chi connectivity index (χ3n) is 3.48. The fourth-order valence-corrected chi connectivity index (χ4v) is 2.31. The van der Waals surface area contributed by atoms with Crippen molar-refractivity contribution >= 4 is 17.9 Å². The zero-order valence-corrected chi connectivity index (χ0v) is 14.7. The number of ether oxygens (including phenoxy) is 4. The summed E-state index contributed by atoms with van der Waals surface area (Å²) in [7, 11) is 0. The molecule has 138 valence electrons. The van der Waals surface area contributed by atoms with Gasteiger partial charge in [0.2, 0.25) is 6.29 Å². The maximum Gasteiger partial charge on any atom is 0.308 e. The number of carbonyl (C=O) groups is 3. The minimum Gasteiger partial charge on any atom is -0.458 e. The summed E-state index contributed by atoms with van der Waals surface area (Å²) >= 11 is 0. The van der Waals surface area contributed by atoms with E-state index in [0.717, 1.165) is 0 Å². The molecule has 0 amide bonds. The van der Waals surface area contributed by atoms with E-state index in [9.17, 15) is 14.4 Å². The standard InChI is InChI=1S/C17H28O7/c1-4-7-14(18)22-12-10-17(24-16(20)9-6-3)21-11-13(12)23-15(19)8-5-2/h12-13,17H,4-11H2,1-3H3. The summed E-state index contributed by atoms with van der Waals surface area (Å²) < 4.78 is 21.4. The highest BCUT2D eigenvalue weighted by atomic mass is 16.7. The van der Waals surface area contributed by atoms with Crippen LogP contribution in [0.25, 0.3) is 0 Å². The zero-order chi connectivity index (χ0) is 17.9. The molecule has 0 aromatic heterocycles. The van der Waals surface area contributed by atoms with Crippen LogP contribution in [0.15, 0.2) is 0 Å². The summed E-state index contributed by atoms with van der Waals surface area (Å²) in [6.07, 6.45) is 0.922. The molecule has 0 aromatic carbocycles. The van der Waals surface area contributed by atoms with Crippen molar-refractivity contribution in [2.45, 2.75) is 84.2 Å². The van der Waals surface area contributed by atoms with E-state index < -0.39 is 18.5 Å². The molecule has 3 unspecified atom stereocenters. The molecule has 0 aliphatic carbocycles. The molecule has 1 aliphatic heterocycles. The molecule has 24 heavy (non-hydrogen) atoms. The molecule has 0 bridgehead atoms. The molecule has 0 radical (unpaired) electrons. The van der Waals surface area contributed by atoms with E-state index in [0.29, 0.717) is 32.1 Å². The van der Waals surface area contributed by atoms with Crippen LogP contribution in [0.1, 0.15) is 65.7 Å². The number of rotatable bonds is 9. The van der Waals surface area contributed by atoms with Gasteiger partial charge in [-0.15, -0.1) is 0 Å². The Labute approximate surface area is 143 Å². The van der Waals surface area contributed by atoms with E-state index in [1.807, 2.05) is 20.8 Å². The van der Waals surface area contributed by atoms with Crippen molar-refractivity contribution in [2.75, 3.05) is 6.61 Å². The van der Waals surface area contributed by atoms with Gasteiger partial charge < -0.3 is 18.9 Å². The second kappa shape index (κ2) is 11.0. The SMILES string of the molecule is CCCC(=O)OC1CC(OC(=O)CCC)C(OC(=O)CCC)CO1. The minimum absolute atomic E-state index is 0.0313. The van der Waals surface area contributed by atoms with Gasteiger partial charge >= 0.3 is 17.9 Å². The molecule has 0 saturated carbocycles. The molecule has 1 saturated heterocycles. The highest BCUT2D eigenvalue weighted by Crippen LogP contribution is 2.23. The van der Waals surface area contributed by atoms with Crippen LogP contribution >= 0.6 is 0 Å². The van der Waals surface area contributed by atoms with Crippen LogP contribution in [0.4, 0.5) is 0 Å². The normalized spacial score (nSPS) is 23.4. The zero-order valence-electron chi connectivity index (χ0n) is 14.7. The van der Waals surface area contributed by atoms with Crippen LogP contribution in [0.2, 0.25) is 0 Å². The van der Waals surface area contributed by atoms with Crippen LogP contribution in [0.5, 0.6) is 0 Å². The fourth-order valence-electron chi connectivity index (χ4n) is 2.31. The molecule has 3 atom stereocenters. The molecule has 1 rings (SSSR count). The van der Waals surface area contributed by atoms with Gasteiger partial charge in [-0.25, -0.2) is 0 Å². The lowest BCUT2D eigenvalue weighted by Gasteiger charge is -2.34. The fraction of sp³-hybridized carbons (Fsp3) is 0.824. The smallest absolute Gasteiger partial charge is 0.308 e. The van der Waals surface area contributed by atoms with Crippen molar-refractivity contribution in [2.24, 2.45) is 0 Å². The maximum atomic E-state index is 11.8. The highest BCUT2D eigenvalue weighted by molar-refractivity contribution is 5.71. The van der Waals surface area contributed by atoms with Gasteiger partial charge in [0.15, 0.2) is 6.10 Å². The van der Waals surface area contributed by atoms with Crippen LogP contribution < -0.4 is 0 Å². The van der Waals surface area contributed by atoms with Gasteiger partial charge in [-0.1, -0.05) is 20.8 Å². The first-order valence-electron chi connectivity index (χ1n) is 8.70. The predicted molar refractivity (Wildman–Crippen MR) is 84.9 cm³/mol. The van der Waals surface area contributed by atoms with Crippen molar-refractivity contribution in [3.63, 3.8) is 0 Å². The summed E-state index contributed by atoms with van der Waals surface area (Å²) in [5.41, 5.74) is 0. The van der Waals surface area contributed by atoms with E-state index in [1.54, 1.807) is 0 Å². The summed E-state index contributed by atoms with van der Waals surface area (Å²) in [6.45, 7) is 5.66. The lowest BCUT2D eigenvalue weighted by atomic mass is 10.1. The Kier molecular flexibility index (Phi) is 9.37. The lowest BCUT2D eigenvalue weighted by molar-refractivity contribution is -0.230. The van der Waals surface area contributed by atoms with Gasteiger partial charge in [-0.05, 0) is 19.3 Å². The van der Waals surface area contributed by atoms with Crippen LogP contribution in [0.3, 0.4) is 0 Å². The molecule has 7 nitrogen and oxygen atoms in total. The molecule has 1 fully saturated rings. The number of esters is 3. The topological polar surface area (TPSA) is 88.1 Å². The van der Waals surface area contributed by atoms with Gasteiger partial charge in [0.1, 0.15) is 6.10 Å². The van der Waals surface area contributed by atoms with Gasteiger partial charge in [0.25, 0.3) is 0 Å². The highest BCUT2D eigenvalue weighted by Gasteiger charge is 2.38. The average Bonchev–Trinajstić information content (AvgIpc) is 2.50. The molecule has 1 heterocycles. The lowest BCUT2D eigenvalue weighted by Crippen LogP contribution is -2.47. The van der Waals surface area contributed by atoms with Gasteiger partial charge in [-0.3, -0.25) is 14.4 Å². The largest absolute Gasteiger partial charge is 0.458 e. The van der Waals surface area contributed by atoms with E-state index >= 15 is 0 Å². The molecular formula is C17H28O7. The Hall–Kier alpha value is -1.63. The third kappa shape index (κ3) is 7.29. The quantitative estimate of drug-likeness (QED) is 0.469. The third-order valence-corrected chi connectivity index (χ3v) is 3.48. The molecule has 0 aromatic rings. The van der Waals surface area contributed by atoms with E-state index in [1.165, 1.54) is 0 Å². The predicted octanol–water partition coefficient (Wildman–Crippen LogP) is 2.50. The summed E-state index contributed by atoms with van der Waals surface area (Å²) in [4.78, 5) is 35.1. The number of hydrogen-bond acceptors (Lipinski definition) is 7. The monoisotopic (exact) mass is 344 g/mol. The van der Waals surface area contributed by atoms with E-state index in [-0.39, 0.29) is 37.4 Å². The second-order valence-corrected chi connectivity index (χ2v) is 5.80. The van der Waals surface area contributed by atoms with Crippen molar-refractivity contribution in [3.05, 3.63) is 0 Å². The first-order valence-corrected chi connectivity index (χ1v) is 8.70. The molecule has 0 N–H and O–H groups in total. The summed E-state index contributed by atoms with van der Waals surface area (Å²) in [6, 6.07) is 0. The van der Waals surface area contributed by atoms with Crippen LogP contribution in [-0.2, 0) is 33.3 Å². The van der Waals surface area contributed by atoms with Crippen molar-refractivity contribution in [3.8, 4) is 0 Å². The molecule has 1 aliphatic rings. The van der Waals surface area contributed by atoms with Crippen molar-refractivity contribution in [1.82, 2.24) is 0 Å². The van der Waals surface area contributed by atoms with Crippen LogP contribution in [-0.4, -0.2) is 43.0 Å². The second-order valence-electron chi connectivity index (χ2n) is 5.80. The Balaban J connectivity index is 2.65. The Morgan fingerprint density at radius 2 is 1.25 bits per heavy atom. The average molecular weight is 344 g/mol. The first kappa shape index (κ1) is 20.4.